The maximum atomic E-state index is 12.9. The number of rotatable bonds is 6. The Kier molecular flexibility index (Phi) is 6.54. The standard InChI is InChI=1S/C26H35NO3/c1-7-17(8-2)15-30-25(29)24-16(3)23-21(27-24)13-19(14-22(23)28)18-9-11-20(12-10-18)26(4,5)6/h9-12,17,19,27H,7-8,13-15H2,1-6H3/t19-/m0/s1. The molecule has 4 nitrogen and oxygen atoms in total. The first kappa shape index (κ1) is 22.3. The van der Waals surface area contributed by atoms with Crippen LogP contribution in [0, 0.1) is 12.8 Å². The highest BCUT2D eigenvalue weighted by molar-refractivity contribution is 6.03. The van der Waals surface area contributed by atoms with E-state index in [-0.39, 0.29) is 23.1 Å². The minimum Gasteiger partial charge on any atom is -0.461 e. The number of H-pyrrole nitrogens is 1. The van der Waals surface area contributed by atoms with Crippen molar-refractivity contribution < 1.29 is 14.3 Å². The number of hydrogen-bond acceptors (Lipinski definition) is 3. The highest BCUT2D eigenvalue weighted by Gasteiger charge is 2.32. The van der Waals surface area contributed by atoms with Gasteiger partial charge in [-0.3, -0.25) is 4.79 Å². The Morgan fingerprint density at radius 3 is 2.33 bits per heavy atom. The quantitative estimate of drug-likeness (QED) is 0.584. The van der Waals surface area contributed by atoms with Crippen molar-refractivity contribution in [3.05, 3.63) is 57.9 Å². The average Bonchev–Trinajstić information content (AvgIpc) is 3.05. The van der Waals surface area contributed by atoms with E-state index in [2.05, 4.69) is 63.9 Å². The topological polar surface area (TPSA) is 59.2 Å². The molecule has 3 rings (SSSR count). The van der Waals surface area contributed by atoms with Crippen LogP contribution in [0.2, 0.25) is 0 Å². The molecule has 0 spiro atoms. The van der Waals surface area contributed by atoms with Gasteiger partial charge in [0.2, 0.25) is 0 Å². The molecule has 0 amide bonds. The number of nitrogens with one attached hydrogen (secondary N) is 1. The Morgan fingerprint density at radius 1 is 1.13 bits per heavy atom. The number of carbonyl (C=O) groups excluding carboxylic acids is 2. The molecule has 0 bridgehead atoms. The first-order valence-electron chi connectivity index (χ1n) is 11.2. The van der Waals surface area contributed by atoms with Gasteiger partial charge in [0.1, 0.15) is 5.69 Å². The maximum Gasteiger partial charge on any atom is 0.355 e. The summed E-state index contributed by atoms with van der Waals surface area (Å²) in [5.41, 5.74) is 5.28. The number of carbonyl (C=O) groups is 2. The summed E-state index contributed by atoms with van der Waals surface area (Å²) in [5.74, 6) is 0.257. The van der Waals surface area contributed by atoms with Crippen molar-refractivity contribution >= 4 is 11.8 Å². The summed E-state index contributed by atoms with van der Waals surface area (Å²) in [5, 5.41) is 0. The fourth-order valence-corrected chi connectivity index (χ4v) is 4.32. The fraction of sp³-hybridized carbons (Fsp3) is 0.538. The predicted octanol–water partition coefficient (Wildman–Crippen LogP) is 6.13. The van der Waals surface area contributed by atoms with E-state index >= 15 is 0 Å². The SMILES string of the molecule is CCC(CC)COC(=O)c1[nH]c2c(c1C)C(=O)C[C@@H](c1ccc(C(C)(C)C)cc1)C2. The molecular formula is C26H35NO3. The van der Waals surface area contributed by atoms with Gasteiger partial charge in [-0.05, 0) is 47.3 Å². The second kappa shape index (κ2) is 8.79. The van der Waals surface area contributed by atoms with Gasteiger partial charge in [-0.15, -0.1) is 0 Å². The van der Waals surface area contributed by atoms with Crippen LogP contribution >= 0.6 is 0 Å². The third-order valence-corrected chi connectivity index (χ3v) is 6.55. The average molecular weight is 410 g/mol. The highest BCUT2D eigenvalue weighted by Crippen LogP contribution is 2.36. The Morgan fingerprint density at radius 2 is 1.77 bits per heavy atom. The lowest BCUT2D eigenvalue weighted by Crippen LogP contribution is -2.19. The summed E-state index contributed by atoms with van der Waals surface area (Å²) < 4.78 is 5.54. The molecule has 1 heterocycles. The lowest BCUT2D eigenvalue weighted by atomic mass is 9.80. The van der Waals surface area contributed by atoms with E-state index in [1.807, 2.05) is 6.92 Å². The van der Waals surface area contributed by atoms with E-state index in [0.29, 0.717) is 30.2 Å². The van der Waals surface area contributed by atoms with Gasteiger partial charge in [-0.1, -0.05) is 71.7 Å². The highest BCUT2D eigenvalue weighted by atomic mass is 16.5. The van der Waals surface area contributed by atoms with Gasteiger partial charge in [0.15, 0.2) is 5.78 Å². The van der Waals surface area contributed by atoms with Crippen LogP contribution in [0.3, 0.4) is 0 Å². The number of benzene rings is 1. The summed E-state index contributed by atoms with van der Waals surface area (Å²) in [7, 11) is 0. The molecule has 0 saturated carbocycles. The van der Waals surface area contributed by atoms with Crippen molar-refractivity contribution in [2.24, 2.45) is 5.92 Å². The molecular weight excluding hydrogens is 374 g/mol. The van der Waals surface area contributed by atoms with Crippen LogP contribution in [-0.2, 0) is 16.6 Å². The van der Waals surface area contributed by atoms with Crippen LogP contribution in [-0.4, -0.2) is 23.3 Å². The van der Waals surface area contributed by atoms with E-state index < -0.39 is 0 Å². The molecule has 30 heavy (non-hydrogen) atoms. The molecule has 2 aromatic rings. The van der Waals surface area contributed by atoms with Crippen LogP contribution < -0.4 is 0 Å². The number of hydrogen-bond donors (Lipinski definition) is 1. The zero-order valence-electron chi connectivity index (χ0n) is 19.2. The summed E-state index contributed by atoms with van der Waals surface area (Å²) >= 11 is 0. The minimum absolute atomic E-state index is 0.106. The second-order valence-electron chi connectivity index (χ2n) is 9.66. The minimum atomic E-state index is -0.354. The molecule has 4 heteroatoms. The molecule has 0 unspecified atom stereocenters. The Labute approximate surface area is 180 Å². The molecule has 1 aromatic carbocycles. The Bertz CT molecular complexity index is 911. The van der Waals surface area contributed by atoms with Crippen LogP contribution in [0.5, 0.6) is 0 Å². The van der Waals surface area contributed by atoms with Gasteiger partial charge in [-0.25, -0.2) is 4.79 Å². The number of aromatic nitrogens is 1. The lowest BCUT2D eigenvalue weighted by Gasteiger charge is -2.24. The van der Waals surface area contributed by atoms with Crippen LogP contribution in [0.1, 0.15) is 103 Å². The molecule has 0 aliphatic heterocycles. The van der Waals surface area contributed by atoms with Crippen molar-refractivity contribution in [3.63, 3.8) is 0 Å². The number of Topliss-reactive ketones (excluding diaryl/α,β-unsaturated/α-hetero) is 1. The number of ketones is 1. The molecule has 1 aromatic heterocycles. The van der Waals surface area contributed by atoms with Crippen LogP contribution in [0.25, 0.3) is 0 Å². The Balaban J connectivity index is 1.79. The van der Waals surface area contributed by atoms with Gasteiger partial charge in [0, 0.05) is 17.7 Å². The molecule has 0 fully saturated rings. The molecule has 1 aliphatic carbocycles. The smallest absolute Gasteiger partial charge is 0.355 e. The molecule has 0 saturated heterocycles. The Hall–Kier alpha value is -2.36. The molecule has 1 atom stereocenters. The zero-order valence-corrected chi connectivity index (χ0v) is 19.2. The van der Waals surface area contributed by atoms with Crippen molar-refractivity contribution in [2.75, 3.05) is 6.61 Å². The normalized spacial score (nSPS) is 16.6. The van der Waals surface area contributed by atoms with Gasteiger partial charge >= 0.3 is 5.97 Å². The summed E-state index contributed by atoms with van der Waals surface area (Å²) in [4.78, 5) is 28.8. The fourth-order valence-electron chi connectivity index (χ4n) is 4.32. The molecule has 1 aliphatic rings. The maximum absolute atomic E-state index is 12.9. The van der Waals surface area contributed by atoms with E-state index in [4.69, 9.17) is 4.74 Å². The second-order valence-corrected chi connectivity index (χ2v) is 9.66. The number of fused-ring (bicyclic) bond motifs is 1. The van der Waals surface area contributed by atoms with Gasteiger partial charge < -0.3 is 9.72 Å². The predicted molar refractivity (Wildman–Crippen MR) is 120 cm³/mol. The van der Waals surface area contributed by atoms with Crippen LogP contribution in [0.15, 0.2) is 24.3 Å². The number of aromatic amines is 1. The molecule has 162 valence electrons. The first-order chi connectivity index (χ1) is 14.2. The van der Waals surface area contributed by atoms with Crippen molar-refractivity contribution in [1.29, 1.82) is 0 Å². The van der Waals surface area contributed by atoms with E-state index in [1.165, 1.54) is 11.1 Å². The van der Waals surface area contributed by atoms with E-state index in [9.17, 15) is 9.59 Å². The van der Waals surface area contributed by atoms with E-state index in [1.54, 1.807) is 0 Å². The lowest BCUT2D eigenvalue weighted by molar-refractivity contribution is 0.0426. The number of ether oxygens (including phenoxy) is 1. The molecule has 1 N–H and O–H groups in total. The number of esters is 1. The summed E-state index contributed by atoms with van der Waals surface area (Å²) in [6.45, 7) is 13.1. The summed E-state index contributed by atoms with van der Waals surface area (Å²) in [6, 6.07) is 8.61. The van der Waals surface area contributed by atoms with Crippen molar-refractivity contribution in [1.82, 2.24) is 4.98 Å². The van der Waals surface area contributed by atoms with E-state index in [0.717, 1.165) is 30.5 Å². The largest absolute Gasteiger partial charge is 0.461 e. The van der Waals surface area contributed by atoms with Gasteiger partial charge in [0.05, 0.1) is 6.61 Å². The third-order valence-electron chi connectivity index (χ3n) is 6.55. The van der Waals surface area contributed by atoms with Crippen LogP contribution in [0.4, 0.5) is 0 Å². The monoisotopic (exact) mass is 409 g/mol. The molecule has 0 radical (unpaired) electrons. The first-order valence-corrected chi connectivity index (χ1v) is 11.2. The van der Waals surface area contributed by atoms with Crippen molar-refractivity contribution in [2.45, 2.75) is 78.6 Å². The van der Waals surface area contributed by atoms with Gasteiger partial charge in [0.25, 0.3) is 0 Å². The van der Waals surface area contributed by atoms with Gasteiger partial charge in [-0.2, -0.15) is 0 Å². The zero-order chi connectivity index (χ0) is 22.1. The summed E-state index contributed by atoms with van der Waals surface area (Å²) in [6.07, 6.45) is 3.18. The van der Waals surface area contributed by atoms with Crippen molar-refractivity contribution in [3.8, 4) is 0 Å². The third kappa shape index (κ3) is 4.53.